The van der Waals surface area contributed by atoms with Gasteiger partial charge in [0.25, 0.3) is 0 Å². The fourth-order valence-electron chi connectivity index (χ4n) is 4.95. The van der Waals surface area contributed by atoms with Crippen LogP contribution in [0.5, 0.6) is 5.75 Å². The quantitative estimate of drug-likeness (QED) is 0.435. The molecule has 166 valence electrons. The Balaban J connectivity index is 1.14. The molecule has 0 amide bonds. The fourth-order valence-corrected chi connectivity index (χ4v) is 4.95. The van der Waals surface area contributed by atoms with Gasteiger partial charge in [-0.2, -0.15) is 0 Å². The molecule has 0 radical (unpaired) electrons. The van der Waals surface area contributed by atoms with E-state index in [9.17, 15) is 0 Å². The Kier molecular flexibility index (Phi) is 7.00. The van der Waals surface area contributed by atoms with Crippen LogP contribution in [0.4, 0.5) is 5.69 Å². The van der Waals surface area contributed by atoms with E-state index in [0.717, 1.165) is 83.7 Å². The van der Waals surface area contributed by atoms with E-state index in [2.05, 4.69) is 37.1 Å². The third-order valence-electron chi connectivity index (χ3n) is 6.88. The molecule has 4 rings (SSSR count). The summed E-state index contributed by atoms with van der Waals surface area (Å²) in [4.78, 5) is 12.0. The van der Waals surface area contributed by atoms with E-state index in [0.29, 0.717) is 5.41 Å². The average molecular weight is 416 g/mol. The Labute approximate surface area is 181 Å². The van der Waals surface area contributed by atoms with Gasteiger partial charge in [0.15, 0.2) is 5.96 Å². The second-order valence-corrected chi connectivity index (χ2v) is 8.83. The number of nitrogens with one attached hydrogen (secondary N) is 1. The molecule has 0 bridgehead atoms. The molecule has 1 unspecified atom stereocenters. The van der Waals surface area contributed by atoms with Gasteiger partial charge in [0.05, 0.1) is 13.7 Å². The van der Waals surface area contributed by atoms with Gasteiger partial charge in [-0.05, 0) is 50.1 Å². The highest BCUT2D eigenvalue weighted by Gasteiger charge is 2.42. The Morgan fingerprint density at radius 3 is 2.60 bits per heavy atom. The van der Waals surface area contributed by atoms with Crippen LogP contribution in [0.1, 0.15) is 19.3 Å². The van der Waals surface area contributed by atoms with Crippen LogP contribution in [0.25, 0.3) is 0 Å². The number of guanidine groups is 1. The summed E-state index contributed by atoms with van der Waals surface area (Å²) in [5.74, 6) is 1.98. The molecular weight excluding hydrogens is 378 g/mol. The lowest BCUT2D eigenvalue weighted by atomic mass is 9.87. The topological polar surface area (TPSA) is 52.6 Å². The summed E-state index contributed by atoms with van der Waals surface area (Å²) in [6, 6.07) is 8.40. The van der Waals surface area contributed by atoms with E-state index < -0.39 is 0 Å². The first-order chi connectivity index (χ1) is 14.7. The lowest BCUT2D eigenvalue weighted by molar-refractivity contribution is 0.156. The van der Waals surface area contributed by atoms with Crippen LogP contribution in [0.3, 0.4) is 0 Å². The zero-order valence-corrected chi connectivity index (χ0v) is 18.6. The minimum Gasteiger partial charge on any atom is -0.497 e. The normalized spacial score (nSPS) is 25.3. The van der Waals surface area contributed by atoms with Crippen LogP contribution in [0.15, 0.2) is 29.3 Å². The standard InChI is InChI=1S/C23H37N5O2/c1-24-22(28-12-8-23(18-28)9-17-30-19-23)25-10-3-11-26-13-15-27(16-14-26)20-4-6-21(29-2)7-5-20/h4-7H,3,8-19H2,1-2H3,(H,24,25). The van der Waals surface area contributed by atoms with Crippen molar-refractivity contribution in [2.75, 3.05) is 84.6 Å². The first kappa shape index (κ1) is 21.2. The second kappa shape index (κ2) is 9.88. The monoisotopic (exact) mass is 415 g/mol. The van der Waals surface area contributed by atoms with Crippen molar-refractivity contribution in [3.63, 3.8) is 0 Å². The van der Waals surface area contributed by atoms with Gasteiger partial charge in [-0.25, -0.2) is 0 Å². The van der Waals surface area contributed by atoms with Crippen molar-refractivity contribution in [1.29, 1.82) is 0 Å². The maximum atomic E-state index is 5.65. The zero-order valence-electron chi connectivity index (χ0n) is 18.6. The first-order valence-corrected chi connectivity index (χ1v) is 11.4. The molecule has 1 aromatic carbocycles. The predicted molar refractivity (Wildman–Crippen MR) is 122 cm³/mol. The van der Waals surface area contributed by atoms with Crippen LogP contribution >= 0.6 is 0 Å². The fraction of sp³-hybridized carbons (Fsp3) is 0.696. The smallest absolute Gasteiger partial charge is 0.193 e. The van der Waals surface area contributed by atoms with Crippen LogP contribution in [0.2, 0.25) is 0 Å². The molecule has 0 aliphatic carbocycles. The molecule has 7 nitrogen and oxygen atoms in total. The highest BCUT2D eigenvalue weighted by Crippen LogP contribution is 2.38. The molecule has 3 heterocycles. The van der Waals surface area contributed by atoms with Crippen molar-refractivity contribution in [2.24, 2.45) is 10.4 Å². The Morgan fingerprint density at radius 2 is 1.93 bits per heavy atom. The maximum absolute atomic E-state index is 5.65. The zero-order chi connectivity index (χ0) is 20.8. The number of ether oxygens (including phenoxy) is 2. The van der Waals surface area contributed by atoms with Gasteiger partial charge in [-0.1, -0.05) is 0 Å². The van der Waals surface area contributed by atoms with Crippen molar-refractivity contribution in [1.82, 2.24) is 15.1 Å². The third kappa shape index (κ3) is 5.01. The van der Waals surface area contributed by atoms with Gasteiger partial charge in [0.1, 0.15) is 5.75 Å². The number of hydrogen-bond donors (Lipinski definition) is 1. The summed E-state index contributed by atoms with van der Waals surface area (Å²) in [7, 11) is 3.61. The molecule has 7 heteroatoms. The highest BCUT2D eigenvalue weighted by atomic mass is 16.5. The molecule has 3 aliphatic rings. The number of anilines is 1. The number of likely N-dealkylation sites (tertiary alicyclic amines) is 1. The van der Waals surface area contributed by atoms with Gasteiger partial charge >= 0.3 is 0 Å². The minimum atomic E-state index is 0.376. The molecule has 0 saturated carbocycles. The van der Waals surface area contributed by atoms with Crippen LogP contribution in [0, 0.1) is 5.41 Å². The van der Waals surface area contributed by atoms with Crippen LogP contribution in [-0.2, 0) is 4.74 Å². The Hall–Kier alpha value is -1.99. The Bertz CT molecular complexity index is 694. The summed E-state index contributed by atoms with van der Waals surface area (Å²) in [6.07, 6.45) is 3.57. The van der Waals surface area contributed by atoms with Crippen LogP contribution in [-0.4, -0.2) is 95.5 Å². The van der Waals surface area contributed by atoms with E-state index in [1.165, 1.54) is 18.5 Å². The lowest BCUT2D eigenvalue weighted by Crippen LogP contribution is -2.47. The lowest BCUT2D eigenvalue weighted by Gasteiger charge is -2.36. The van der Waals surface area contributed by atoms with E-state index >= 15 is 0 Å². The average Bonchev–Trinajstić information content (AvgIpc) is 3.44. The van der Waals surface area contributed by atoms with E-state index in [1.807, 2.05) is 19.2 Å². The third-order valence-corrected chi connectivity index (χ3v) is 6.88. The number of aliphatic imine (C=N–C) groups is 1. The van der Waals surface area contributed by atoms with Gasteiger partial charge < -0.3 is 24.6 Å². The van der Waals surface area contributed by atoms with Gasteiger partial charge in [-0.3, -0.25) is 9.89 Å². The molecule has 3 aliphatic heterocycles. The maximum Gasteiger partial charge on any atom is 0.193 e. The molecule has 3 fully saturated rings. The van der Waals surface area contributed by atoms with Crippen molar-refractivity contribution in [3.8, 4) is 5.75 Å². The minimum absolute atomic E-state index is 0.376. The SMILES string of the molecule is CN=C(NCCCN1CCN(c2ccc(OC)cc2)CC1)N1CCC2(CCOC2)C1. The largest absolute Gasteiger partial charge is 0.497 e. The number of methoxy groups -OCH3 is 1. The molecule has 0 aromatic heterocycles. The molecule has 1 aromatic rings. The predicted octanol–water partition coefficient (Wildman–Crippen LogP) is 1.90. The molecule has 1 spiro atoms. The second-order valence-electron chi connectivity index (χ2n) is 8.83. The molecule has 1 N–H and O–H groups in total. The summed E-state index contributed by atoms with van der Waals surface area (Å²) in [5.41, 5.74) is 1.67. The number of piperazine rings is 1. The van der Waals surface area contributed by atoms with Crippen molar-refractivity contribution >= 4 is 11.6 Å². The van der Waals surface area contributed by atoms with Gasteiger partial charge in [0.2, 0.25) is 0 Å². The van der Waals surface area contributed by atoms with E-state index in [-0.39, 0.29) is 0 Å². The highest BCUT2D eigenvalue weighted by molar-refractivity contribution is 5.80. The summed E-state index contributed by atoms with van der Waals surface area (Å²) >= 11 is 0. The molecule has 30 heavy (non-hydrogen) atoms. The van der Waals surface area contributed by atoms with Gasteiger partial charge in [0, 0.05) is 70.6 Å². The van der Waals surface area contributed by atoms with Crippen molar-refractivity contribution in [3.05, 3.63) is 24.3 Å². The van der Waals surface area contributed by atoms with Crippen molar-refractivity contribution in [2.45, 2.75) is 19.3 Å². The molecule has 1 atom stereocenters. The number of hydrogen-bond acceptors (Lipinski definition) is 5. The number of rotatable bonds is 6. The summed E-state index contributed by atoms with van der Waals surface area (Å²) in [5, 5.41) is 3.59. The summed E-state index contributed by atoms with van der Waals surface area (Å²) in [6.45, 7) is 10.5. The van der Waals surface area contributed by atoms with Crippen molar-refractivity contribution < 1.29 is 9.47 Å². The number of benzene rings is 1. The molecule has 3 saturated heterocycles. The van der Waals surface area contributed by atoms with E-state index in [4.69, 9.17) is 9.47 Å². The van der Waals surface area contributed by atoms with Crippen LogP contribution < -0.4 is 15.0 Å². The first-order valence-electron chi connectivity index (χ1n) is 11.4. The van der Waals surface area contributed by atoms with E-state index in [1.54, 1.807) is 7.11 Å². The van der Waals surface area contributed by atoms with Gasteiger partial charge in [-0.15, -0.1) is 0 Å². The Morgan fingerprint density at radius 1 is 1.13 bits per heavy atom. The number of nitrogens with zero attached hydrogens (tertiary/aromatic N) is 4. The summed E-state index contributed by atoms with van der Waals surface area (Å²) < 4.78 is 10.9. The molecular formula is C23H37N5O2.